The van der Waals surface area contributed by atoms with Crippen molar-refractivity contribution in [1.29, 1.82) is 0 Å². The summed E-state index contributed by atoms with van der Waals surface area (Å²) in [6.07, 6.45) is 0.735. The summed E-state index contributed by atoms with van der Waals surface area (Å²) in [5, 5.41) is 9.59. The van der Waals surface area contributed by atoms with E-state index < -0.39 is 5.97 Å². The molecule has 1 aromatic heterocycles. The van der Waals surface area contributed by atoms with Crippen molar-refractivity contribution < 1.29 is 14.6 Å². The first-order valence-corrected chi connectivity index (χ1v) is 5.39. The summed E-state index contributed by atoms with van der Waals surface area (Å²) < 4.78 is 4.89. The van der Waals surface area contributed by atoms with Gasteiger partial charge in [-0.25, -0.2) is 9.78 Å². The largest absolute Gasteiger partial charge is 0.477 e. The number of nitrogens with two attached hydrogens (primary N) is 1. The van der Waals surface area contributed by atoms with E-state index >= 15 is 0 Å². The number of aromatic nitrogens is 1. The van der Waals surface area contributed by atoms with E-state index in [1.165, 1.54) is 7.11 Å². The van der Waals surface area contributed by atoms with Gasteiger partial charge in [0.1, 0.15) is 9.88 Å². The Hall–Kier alpha value is -0.980. The molecule has 0 aliphatic rings. The SMILES string of the molecule is CCC(N)c1nc(COC)c(C(=O)O)s1. The second-order valence-corrected chi connectivity index (χ2v) is 4.11. The van der Waals surface area contributed by atoms with Crippen LogP contribution in [0.4, 0.5) is 0 Å². The van der Waals surface area contributed by atoms with Crippen LogP contribution in [0.1, 0.15) is 39.8 Å². The molecule has 1 atom stereocenters. The molecule has 0 saturated heterocycles. The molecular weight excluding hydrogens is 216 g/mol. The number of carboxylic acids is 1. The molecule has 0 aromatic carbocycles. The second kappa shape index (κ2) is 5.20. The van der Waals surface area contributed by atoms with E-state index in [0.29, 0.717) is 10.7 Å². The zero-order valence-corrected chi connectivity index (χ0v) is 9.50. The smallest absolute Gasteiger partial charge is 0.347 e. The molecule has 1 heterocycles. The highest BCUT2D eigenvalue weighted by Crippen LogP contribution is 2.24. The zero-order valence-electron chi connectivity index (χ0n) is 8.69. The number of rotatable bonds is 5. The lowest BCUT2D eigenvalue weighted by Crippen LogP contribution is -2.08. The normalized spacial score (nSPS) is 12.7. The van der Waals surface area contributed by atoms with Gasteiger partial charge >= 0.3 is 5.97 Å². The van der Waals surface area contributed by atoms with E-state index in [0.717, 1.165) is 17.8 Å². The lowest BCUT2D eigenvalue weighted by molar-refractivity contribution is 0.0697. The van der Waals surface area contributed by atoms with Crippen LogP contribution < -0.4 is 5.73 Å². The summed E-state index contributed by atoms with van der Waals surface area (Å²) in [5.74, 6) is -0.978. The fourth-order valence-electron chi connectivity index (χ4n) is 1.10. The molecule has 3 N–H and O–H groups in total. The average Bonchev–Trinajstić information content (AvgIpc) is 2.61. The molecule has 6 heteroatoms. The van der Waals surface area contributed by atoms with Gasteiger partial charge in [-0.2, -0.15) is 0 Å². The lowest BCUT2D eigenvalue weighted by atomic mass is 10.2. The minimum absolute atomic E-state index is 0.196. The number of ether oxygens (including phenoxy) is 1. The molecule has 0 aliphatic heterocycles. The summed E-state index contributed by atoms with van der Waals surface area (Å²) in [6, 6.07) is -0.196. The number of hydrogen-bond acceptors (Lipinski definition) is 5. The zero-order chi connectivity index (χ0) is 11.4. The van der Waals surface area contributed by atoms with Crippen molar-refractivity contribution in [3.63, 3.8) is 0 Å². The van der Waals surface area contributed by atoms with Gasteiger partial charge in [0.25, 0.3) is 0 Å². The molecule has 0 saturated carbocycles. The summed E-state index contributed by atoms with van der Waals surface area (Å²) in [7, 11) is 1.50. The lowest BCUT2D eigenvalue weighted by Gasteiger charge is -2.01. The topological polar surface area (TPSA) is 85.4 Å². The van der Waals surface area contributed by atoms with Crippen LogP contribution in [0.5, 0.6) is 0 Å². The standard InChI is InChI=1S/C9H14N2O3S/c1-3-5(10)8-11-6(4-14-2)7(15-8)9(12)13/h5H,3-4,10H2,1-2H3,(H,12,13). The molecule has 15 heavy (non-hydrogen) atoms. The maximum Gasteiger partial charge on any atom is 0.347 e. The van der Waals surface area contributed by atoms with Gasteiger partial charge in [-0.1, -0.05) is 6.92 Å². The van der Waals surface area contributed by atoms with Gasteiger partial charge in [0.2, 0.25) is 0 Å². The van der Waals surface area contributed by atoms with E-state index in [1.54, 1.807) is 0 Å². The highest BCUT2D eigenvalue weighted by atomic mass is 32.1. The average molecular weight is 230 g/mol. The molecule has 0 radical (unpaired) electrons. The van der Waals surface area contributed by atoms with Crippen LogP contribution in [0.3, 0.4) is 0 Å². The number of aromatic carboxylic acids is 1. The predicted molar refractivity (Wildman–Crippen MR) is 57.0 cm³/mol. The van der Waals surface area contributed by atoms with Crippen LogP contribution in [0.15, 0.2) is 0 Å². The Bertz CT molecular complexity index is 351. The van der Waals surface area contributed by atoms with Gasteiger partial charge in [-0.15, -0.1) is 11.3 Å². The summed E-state index contributed by atoms with van der Waals surface area (Å²) in [5.41, 5.74) is 6.24. The van der Waals surface area contributed by atoms with Gasteiger partial charge in [-0.3, -0.25) is 0 Å². The van der Waals surface area contributed by atoms with Crippen LogP contribution in [0, 0.1) is 0 Å². The molecule has 84 valence electrons. The minimum Gasteiger partial charge on any atom is -0.477 e. The van der Waals surface area contributed by atoms with Gasteiger partial charge in [0.05, 0.1) is 18.3 Å². The number of methoxy groups -OCH3 is 1. The van der Waals surface area contributed by atoms with Crippen molar-refractivity contribution in [2.75, 3.05) is 7.11 Å². The first-order valence-electron chi connectivity index (χ1n) is 4.57. The summed E-state index contributed by atoms with van der Waals surface area (Å²) in [4.78, 5) is 15.3. The Labute approximate surface area is 91.9 Å². The molecule has 5 nitrogen and oxygen atoms in total. The summed E-state index contributed by atoms with van der Waals surface area (Å²) >= 11 is 1.12. The highest BCUT2D eigenvalue weighted by molar-refractivity contribution is 7.13. The van der Waals surface area contributed by atoms with E-state index in [1.807, 2.05) is 6.92 Å². The molecule has 0 amide bonds. The highest BCUT2D eigenvalue weighted by Gasteiger charge is 2.19. The van der Waals surface area contributed by atoms with Gasteiger partial charge < -0.3 is 15.6 Å². The fourth-order valence-corrected chi connectivity index (χ4v) is 2.10. The van der Waals surface area contributed by atoms with Crippen molar-refractivity contribution in [3.05, 3.63) is 15.6 Å². The molecule has 1 rings (SSSR count). The molecular formula is C9H14N2O3S. The maximum absolute atomic E-state index is 10.9. The Balaban J connectivity index is 3.03. The van der Waals surface area contributed by atoms with E-state index in [-0.39, 0.29) is 17.5 Å². The minimum atomic E-state index is -0.978. The van der Waals surface area contributed by atoms with Crippen molar-refractivity contribution in [2.45, 2.75) is 26.0 Å². The fraction of sp³-hybridized carbons (Fsp3) is 0.556. The van der Waals surface area contributed by atoms with Crippen molar-refractivity contribution in [1.82, 2.24) is 4.98 Å². The first kappa shape index (κ1) is 12.1. The third-order valence-corrected chi connectivity index (χ3v) is 3.16. The van der Waals surface area contributed by atoms with Crippen LogP contribution in [-0.2, 0) is 11.3 Å². The van der Waals surface area contributed by atoms with E-state index in [4.69, 9.17) is 15.6 Å². The molecule has 0 aliphatic carbocycles. The maximum atomic E-state index is 10.9. The predicted octanol–water partition coefficient (Wildman–Crippen LogP) is 1.40. The van der Waals surface area contributed by atoms with Crippen LogP contribution >= 0.6 is 11.3 Å². The quantitative estimate of drug-likeness (QED) is 0.798. The van der Waals surface area contributed by atoms with Crippen molar-refractivity contribution in [3.8, 4) is 0 Å². The Morgan fingerprint density at radius 2 is 2.40 bits per heavy atom. The second-order valence-electron chi connectivity index (χ2n) is 3.08. The Morgan fingerprint density at radius 1 is 1.73 bits per heavy atom. The van der Waals surface area contributed by atoms with Crippen LogP contribution in [0.25, 0.3) is 0 Å². The van der Waals surface area contributed by atoms with E-state index in [2.05, 4.69) is 4.98 Å². The monoisotopic (exact) mass is 230 g/mol. The van der Waals surface area contributed by atoms with Gasteiger partial charge in [0.15, 0.2) is 0 Å². The molecule has 0 bridgehead atoms. The molecule has 0 fully saturated rings. The van der Waals surface area contributed by atoms with Crippen LogP contribution in [-0.4, -0.2) is 23.2 Å². The molecule has 1 unspecified atom stereocenters. The summed E-state index contributed by atoms with van der Waals surface area (Å²) in [6.45, 7) is 2.14. The van der Waals surface area contributed by atoms with Gasteiger partial charge in [-0.05, 0) is 6.42 Å². The number of carbonyl (C=O) groups is 1. The number of thiazole rings is 1. The molecule has 1 aromatic rings. The van der Waals surface area contributed by atoms with Gasteiger partial charge in [0, 0.05) is 7.11 Å². The van der Waals surface area contributed by atoms with Crippen molar-refractivity contribution >= 4 is 17.3 Å². The first-order chi connectivity index (χ1) is 7.10. The Kier molecular flexibility index (Phi) is 4.19. The Morgan fingerprint density at radius 3 is 2.87 bits per heavy atom. The number of hydrogen-bond donors (Lipinski definition) is 2. The van der Waals surface area contributed by atoms with E-state index in [9.17, 15) is 4.79 Å². The third kappa shape index (κ3) is 2.74. The van der Waals surface area contributed by atoms with Crippen molar-refractivity contribution in [2.24, 2.45) is 5.73 Å². The molecule has 0 spiro atoms. The van der Waals surface area contributed by atoms with Crippen LogP contribution in [0.2, 0.25) is 0 Å². The third-order valence-electron chi connectivity index (χ3n) is 1.95. The number of nitrogens with zero attached hydrogens (tertiary/aromatic N) is 1. The number of carboxylic acid groups (broad SMARTS) is 1.